The third kappa shape index (κ3) is 3.63. The molecule has 8 heteroatoms. The fourth-order valence-electron chi connectivity index (χ4n) is 4.59. The van der Waals surface area contributed by atoms with Gasteiger partial charge in [0, 0.05) is 0 Å². The molecule has 1 saturated heterocycles. The average Bonchev–Trinajstić information content (AvgIpc) is 3.07. The number of fused-ring (bicyclic) bond motifs is 2. The van der Waals surface area contributed by atoms with Crippen LogP contribution in [0.4, 0.5) is 5.82 Å². The van der Waals surface area contributed by atoms with Crippen LogP contribution in [0.5, 0.6) is 0 Å². The summed E-state index contributed by atoms with van der Waals surface area (Å²) < 4.78 is 29.2. The number of quaternary nitrogens is 1. The highest BCUT2D eigenvalue weighted by molar-refractivity contribution is 7.92. The van der Waals surface area contributed by atoms with Gasteiger partial charge in [-0.05, 0) is 50.5 Å². The van der Waals surface area contributed by atoms with Crippen LogP contribution in [0.25, 0.3) is 22.2 Å². The molecule has 0 amide bonds. The second kappa shape index (κ2) is 8.18. The third-order valence-electron chi connectivity index (χ3n) is 6.40. The molecule has 0 radical (unpaired) electrons. The number of nitrogens with two attached hydrogens (primary N) is 1. The standard InChI is InChI=1S/C24H27N5O2S/c1-17-9-11-18(12-10-17)32(30,31)22-21-24(27-20-8-4-3-7-19(20)26-21)29(23(22)25)16-15-28-13-5-2-6-14-28/h3-4,7-12H,2,5-6,13-16,25H2,1H3/p+1. The number of likely N-dealkylation sites (tertiary alicyclic amines) is 1. The molecular formula is C24H28N5O2S+. The van der Waals surface area contributed by atoms with Crippen molar-refractivity contribution >= 4 is 37.9 Å². The summed E-state index contributed by atoms with van der Waals surface area (Å²) in [5, 5.41) is 0. The van der Waals surface area contributed by atoms with Gasteiger partial charge in [-0.15, -0.1) is 0 Å². The zero-order valence-electron chi connectivity index (χ0n) is 18.2. The summed E-state index contributed by atoms with van der Waals surface area (Å²) in [7, 11) is -3.86. The maximum Gasteiger partial charge on any atom is 0.212 e. The fourth-order valence-corrected chi connectivity index (χ4v) is 6.09. The van der Waals surface area contributed by atoms with E-state index >= 15 is 0 Å². The molecule has 3 heterocycles. The van der Waals surface area contributed by atoms with E-state index < -0.39 is 9.84 Å². The first kappa shape index (κ1) is 20.9. The van der Waals surface area contributed by atoms with Crippen LogP contribution in [0.3, 0.4) is 0 Å². The molecule has 0 unspecified atom stereocenters. The monoisotopic (exact) mass is 450 g/mol. The maximum atomic E-state index is 13.7. The van der Waals surface area contributed by atoms with Crippen molar-refractivity contribution < 1.29 is 13.3 Å². The molecule has 5 rings (SSSR count). The molecule has 2 aromatic carbocycles. The topological polar surface area (TPSA) is 95.3 Å². The number of hydrogen-bond acceptors (Lipinski definition) is 5. The van der Waals surface area contributed by atoms with E-state index in [-0.39, 0.29) is 15.6 Å². The van der Waals surface area contributed by atoms with E-state index in [4.69, 9.17) is 15.7 Å². The number of rotatable bonds is 5. The van der Waals surface area contributed by atoms with Crippen LogP contribution >= 0.6 is 0 Å². The highest BCUT2D eigenvalue weighted by atomic mass is 32.2. The molecule has 0 saturated carbocycles. The van der Waals surface area contributed by atoms with Crippen molar-refractivity contribution in [1.82, 2.24) is 14.5 Å². The molecular weight excluding hydrogens is 422 g/mol. The van der Waals surface area contributed by atoms with Crippen molar-refractivity contribution in [2.24, 2.45) is 0 Å². The van der Waals surface area contributed by atoms with Gasteiger partial charge in [0.05, 0.1) is 42.1 Å². The summed E-state index contributed by atoms with van der Waals surface area (Å²) in [5.74, 6) is 0.215. The van der Waals surface area contributed by atoms with Crippen LogP contribution in [0.15, 0.2) is 58.3 Å². The van der Waals surface area contributed by atoms with Crippen LogP contribution in [-0.2, 0) is 16.4 Å². The van der Waals surface area contributed by atoms with Gasteiger partial charge < -0.3 is 15.2 Å². The predicted molar refractivity (Wildman–Crippen MR) is 125 cm³/mol. The summed E-state index contributed by atoms with van der Waals surface area (Å²) in [5.41, 5.74) is 9.79. The molecule has 1 aliphatic heterocycles. The number of nitrogens with one attached hydrogen (secondary N) is 1. The van der Waals surface area contributed by atoms with Crippen LogP contribution in [0.2, 0.25) is 0 Å². The van der Waals surface area contributed by atoms with E-state index in [9.17, 15) is 8.42 Å². The van der Waals surface area contributed by atoms with Gasteiger partial charge in [-0.1, -0.05) is 29.8 Å². The summed E-state index contributed by atoms with van der Waals surface area (Å²) in [6.45, 7) is 5.70. The van der Waals surface area contributed by atoms with E-state index in [1.807, 2.05) is 35.8 Å². The number of para-hydroxylation sites is 2. The van der Waals surface area contributed by atoms with Crippen molar-refractivity contribution in [2.75, 3.05) is 25.4 Å². The van der Waals surface area contributed by atoms with Gasteiger partial charge in [0.25, 0.3) is 0 Å². The Balaban J connectivity index is 1.68. The number of hydrogen-bond donors (Lipinski definition) is 2. The number of anilines is 1. The molecule has 0 aliphatic carbocycles. The number of sulfone groups is 1. The smallest absolute Gasteiger partial charge is 0.212 e. The lowest BCUT2D eigenvalue weighted by Crippen LogP contribution is -3.13. The maximum absolute atomic E-state index is 13.7. The van der Waals surface area contributed by atoms with Gasteiger partial charge in [-0.25, -0.2) is 18.4 Å². The Morgan fingerprint density at radius 1 is 0.969 bits per heavy atom. The number of nitrogens with zero attached hydrogens (tertiary/aromatic N) is 3. The summed E-state index contributed by atoms with van der Waals surface area (Å²) >= 11 is 0. The summed E-state index contributed by atoms with van der Waals surface area (Å²) in [6.07, 6.45) is 3.75. The molecule has 32 heavy (non-hydrogen) atoms. The second-order valence-corrected chi connectivity index (χ2v) is 10.5. The zero-order valence-corrected chi connectivity index (χ0v) is 19.0. The Labute approximate surface area is 187 Å². The average molecular weight is 451 g/mol. The first-order valence-electron chi connectivity index (χ1n) is 11.1. The first-order chi connectivity index (χ1) is 15.4. The lowest BCUT2D eigenvalue weighted by atomic mass is 10.1. The number of aromatic nitrogens is 3. The van der Waals surface area contributed by atoms with Crippen molar-refractivity contribution in [1.29, 1.82) is 0 Å². The van der Waals surface area contributed by atoms with Crippen LogP contribution in [0.1, 0.15) is 24.8 Å². The Hall–Kier alpha value is -2.97. The lowest BCUT2D eigenvalue weighted by molar-refractivity contribution is -0.905. The van der Waals surface area contributed by atoms with E-state index in [1.54, 1.807) is 24.3 Å². The largest absolute Gasteiger partial charge is 0.384 e. The summed E-state index contributed by atoms with van der Waals surface area (Å²) in [4.78, 5) is 11.3. The van der Waals surface area contributed by atoms with Gasteiger partial charge in [0.15, 0.2) is 5.65 Å². The predicted octanol–water partition coefficient (Wildman–Crippen LogP) is 2.38. The van der Waals surface area contributed by atoms with E-state index in [0.29, 0.717) is 23.2 Å². The lowest BCUT2D eigenvalue weighted by Gasteiger charge is -2.23. The minimum absolute atomic E-state index is 0.0586. The minimum atomic E-state index is -3.86. The van der Waals surface area contributed by atoms with Crippen molar-refractivity contribution in [3.8, 4) is 0 Å². The third-order valence-corrected chi connectivity index (χ3v) is 8.23. The van der Waals surface area contributed by atoms with Gasteiger partial charge in [-0.2, -0.15) is 0 Å². The second-order valence-electron chi connectivity index (χ2n) is 8.63. The Kier molecular flexibility index (Phi) is 5.35. The van der Waals surface area contributed by atoms with Gasteiger partial charge in [0.2, 0.25) is 9.84 Å². The number of piperidine rings is 1. The highest BCUT2D eigenvalue weighted by Gasteiger charge is 2.30. The number of nitrogen functional groups attached to an aromatic ring is 1. The fraction of sp³-hybridized carbons (Fsp3) is 0.333. The molecule has 0 spiro atoms. The quantitative estimate of drug-likeness (QED) is 0.487. The first-order valence-corrected chi connectivity index (χ1v) is 12.6. The van der Waals surface area contributed by atoms with Gasteiger partial charge >= 0.3 is 0 Å². The zero-order chi connectivity index (χ0) is 22.3. The molecule has 7 nitrogen and oxygen atoms in total. The normalized spacial score (nSPS) is 15.5. The van der Waals surface area contributed by atoms with Crippen LogP contribution in [-0.4, -0.2) is 42.6 Å². The molecule has 3 N–H and O–H groups in total. The molecule has 166 valence electrons. The van der Waals surface area contributed by atoms with Crippen LogP contribution in [0, 0.1) is 6.92 Å². The van der Waals surface area contributed by atoms with E-state index in [2.05, 4.69) is 0 Å². The van der Waals surface area contributed by atoms with Gasteiger partial charge in [-0.3, -0.25) is 0 Å². The van der Waals surface area contributed by atoms with Crippen molar-refractivity contribution in [3.63, 3.8) is 0 Å². The van der Waals surface area contributed by atoms with E-state index in [1.165, 1.54) is 24.2 Å². The Bertz CT molecular complexity index is 1390. The molecule has 0 atom stereocenters. The van der Waals surface area contributed by atoms with Crippen molar-refractivity contribution in [3.05, 3.63) is 54.1 Å². The number of benzene rings is 2. The molecule has 1 aliphatic rings. The van der Waals surface area contributed by atoms with Gasteiger partial charge in [0.1, 0.15) is 16.2 Å². The molecule has 1 fully saturated rings. The molecule has 2 aromatic heterocycles. The minimum Gasteiger partial charge on any atom is -0.384 e. The summed E-state index contributed by atoms with van der Waals surface area (Å²) in [6, 6.07) is 14.3. The SMILES string of the molecule is Cc1ccc(S(=O)(=O)c2c(N)n(CC[NH+]3CCCCC3)c3nc4ccccc4nc23)cc1. The Morgan fingerprint density at radius 2 is 1.62 bits per heavy atom. The Morgan fingerprint density at radius 3 is 2.31 bits per heavy atom. The van der Waals surface area contributed by atoms with Crippen LogP contribution < -0.4 is 10.6 Å². The van der Waals surface area contributed by atoms with Crippen molar-refractivity contribution in [2.45, 2.75) is 42.5 Å². The molecule has 4 aromatic rings. The van der Waals surface area contributed by atoms with E-state index in [0.717, 1.165) is 30.7 Å². The molecule has 0 bridgehead atoms. The number of aryl methyl sites for hydroxylation is 1. The highest BCUT2D eigenvalue weighted by Crippen LogP contribution is 2.35.